The van der Waals surface area contributed by atoms with Gasteiger partial charge in [-0.05, 0) is 12.1 Å². The number of alkyl halides is 1. The molecule has 0 fully saturated rings. The van der Waals surface area contributed by atoms with Crippen molar-refractivity contribution in [3.05, 3.63) is 46.0 Å². The smallest absolute Gasteiger partial charge is 0.258 e. The second kappa shape index (κ2) is 4.46. The number of hydrogen-bond acceptors (Lipinski definition) is 4. The molecule has 0 amide bonds. The predicted molar refractivity (Wildman–Crippen MR) is 57.5 cm³/mol. The van der Waals surface area contributed by atoms with Crippen LogP contribution in [0.25, 0.3) is 5.69 Å². The quantitative estimate of drug-likeness (QED) is 0.479. The lowest BCUT2D eigenvalue weighted by Gasteiger charge is -2.01. The van der Waals surface area contributed by atoms with E-state index < -0.39 is 10.7 Å². The molecule has 0 radical (unpaired) electrons. The van der Waals surface area contributed by atoms with Gasteiger partial charge >= 0.3 is 0 Å². The Morgan fingerprint density at radius 3 is 2.88 bits per heavy atom. The molecule has 1 aromatic heterocycles. The van der Waals surface area contributed by atoms with Crippen LogP contribution in [0.1, 0.15) is 5.69 Å². The maximum absolute atomic E-state index is 12.9. The van der Waals surface area contributed by atoms with Crippen molar-refractivity contribution in [2.75, 3.05) is 0 Å². The van der Waals surface area contributed by atoms with Crippen LogP contribution in [0.15, 0.2) is 24.4 Å². The summed E-state index contributed by atoms with van der Waals surface area (Å²) in [5.74, 6) is -0.534. The largest absolute Gasteiger partial charge is 0.297 e. The van der Waals surface area contributed by atoms with E-state index >= 15 is 0 Å². The van der Waals surface area contributed by atoms with Crippen molar-refractivity contribution in [3.63, 3.8) is 0 Å². The Kier molecular flexibility index (Phi) is 3.01. The lowest BCUT2D eigenvalue weighted by molar-refractivity contribution is -0.384. The number of benzene rings is 1. The van der Waals surface area contributed by atoms with Crippen LogP contribution in [0, 0.1) is 15.9 Å². The van der Waals surface area contributed by atoms with E-state index in [0.717, 1.165) is 12.1 Å². The minimum atomic E-state index is -0.682. The van der Waals surface area contributed by atoms with E-state index in [1.54, 1.807) is 0 Å². The Morgan fingerprint density at radius 2 is 2.29 bits per heavy atom. The van der Waals surface area contributed by atoms with Gasteiger partial charge in [-0.1, -0.05) is 5.21 Å². The maximum Gasteiger partial charge on any atom is 0.297 e. The van der Waals surface area contributed by atoms with Crippen LogP contribution in [-0.2, 0) is 5.88 Å². The van der Waals surface area contributed by atoms with Crippen LogP contribution in [0.4, 0.5) is 10.1 Å². The lowest BCUT2D eigenvalue weighted by atomic mass is 10.2. The molecule has 2 rings (SSSR count). The van der Waals surface area contributed by atoms with Crippen molar-refractivity contribution in [2.24, 2.45) is 0 Å². The molecule has 2 aromatic rings. The first-order valence-corrected chi connectivity index (χ1v) is 5.07. The molecule has 8 heteroatoms. The van der Waals surface area contributed by atoms with Crippen molar-refractivity contribution in [1.82, 2.24) is 15.0 Å². The fourth-order valence-electron chi connectivity index (χ4n) is 1.31. The highest BCUT2D eigenvalue weighted by molar-refractivity contribution is 6.16. The fraction of sp³-hybridized carbons (Fsp3) is 0.111. The topological polar surface area (TPSA) is 73.8 Å². The minimum absolute atomic E-state index is 0.139. The van der Waals surface area contributed by atoms with Gasteiger partial charge in [-0.15, -0.1) is 16.7 Å². The molecule has 1 aromatic carbocycles. The zero-order valence-corrected chi connectivity index (χ0v) is 9.13. The highest BCUT2D eigenvalue weighted by Gasteiger charge is 2.17. The van der Waals surface area contributed by atoms with Crippen molar-refractivity contribution >= 4 is 17.3 Å². The Morgan fingerprint density at radius 1 is 1.53 bits per heavy atom. The molecular weight excluding hydrogens is 251 g/mol. The summed E-state index contributed by atoms with van der Waals surface area (Å²) in [6.07, 6.45) is 1.45. The number of nitro benzene ring substituents is 1. The molecule has 0 aliphatic carbocycles. The molecule has 1 heterocycles. The highest BCUT2D eigenvalue weighted by atomic mass is 35.5. The summed E-state index contributed by atoms with van der Waals surface area (Å²) in [6.45, 7) is 0. The Hall–Kier alpha value is -2.02. The highest BCUT2D eigenvalue weighted by Crippen LogP contribution is 2.23. The van der Waals surface area contributed by atoms with Crippen molar-refractivity contribution in [3.8, 4) is 5.69 Å². The van der Waals surface area contributed by atoms with Gasteiger partial charge in [0.15, 0.2) is 0 Å². The maximum atomic E-state index is 12.9. The summed E-state index contributed by atoms with van der Waals surface area (Å²) < 4.78 is 14.1. The summed E-state index contributed by atoms with van der Waals surface area (Å²) in [5, 5.41) is 18.2. The summed E-state index contributed by atoms with van der Waals surface area (Å²) in [6, 6.07) is 3.21. The van der Waals surface area contributed by atoms with E-state index in [0.29, 0.717) is 5.69 Å². The van der Waals surface area contributed by atoms with Crippen LogP contribution in [0.2, 0.25) is 0 Å². The first kappa shape index (κ1) is 11.5. The van der Waals surface area contributed by atoms with Crippen LogP contribution < -0.4 is 0 Å². The summed E-state index contributed by atoms with van der Waals surface area (Å²) in [5.41, 5.74) is 0.238. The zero-order valence-electron chi connectivity index (χ0n) is 8.38. The SMILES string of the molecule is O=[N+]([O-])c1cc(F)ccc1-n1cc(CCl)nn1. The Labute approximate surface area is 99.8 Å². The summed E-state index contributed by atoms with van der Waals surface area (Å²) >= 11 is 5.55. The van der Waals surface area contributed by atoms with Gasteiger partial charge < -0.3 is 0 Å². The summed E-state index contributed by atoms with van der Waals surface area (Å²) in [7, 11) is 0. The van der Waals surface area contributed by atoms with Crippen molar-refractivity contribution < 1.29 is 9.31 Å². The number of aromatic nitrogens is 3. The Balaban J connectivity index is 2.54. The van der Waals surface area contributed by atoms with Gasteiger partial charge in [0, 0.05) is 0 Å². The van der Waals surface area contributed by atoms with Gasteiger partial charge in [0.1, 0.15) is 11.5 Å². The van der Waals surface area contributed by atoms with Gasteiger partial charge in [0.05, 0.1) is 28.8 Å². The van der Waals surface area contributed by atoms with Gasteiger partial charge in [-0.3, -0.25) is 10.1 Å². The molecule has 17 heavy (non-hydrogen) atoms. The van der Waals surface area contributed by atoms with E-state index in [1.165, 1.54) is 16.9 Å². The first-order valence-electron chi connectivity index (χ1n) is 4.53. The number of nitro groups is 1. The van der Waals surface area contributed by atoms with Gasteiger partial charge in [0.2, 0.25) is 0 Å². The number of hydrogen-bond donors (Lipinski definition) is 0. The normalized spacial score (nSPS) is 10.5. The van der Waals surface area contributed by atoms with Crippen LogP contribution in [-0.4, -0.2) is 19.9 Å². The molecule has 0 spiro atoms. The van der Waals surface area contributed by atoms with Gasteiger partial charge in [-0.25, -0.2) is 9.07 Å². The molecule has 0 aliphatic heterocycles. The fourth-order valence-corrected chi connectivity index (χ4v) is 1.44. The zero-order chi connectivity index (χ0) is 12.4. The third-order valence-electron chi connectivity index (χ3n) is 2.06. The monoisotopic (exact) mass is 256 g/mol. The van der Waals surface area contributed by atoms with E-state index in [9.17, 15) is 14.5 Å². The molecule has 0 aliphatic rings. The third-order valence-corrected chi connectivity index (χ3v) is 2.33. The second-order valence-electron chi connectivity index (χ2n) is 3.18. The van der Waals surface area contributed by atoms with Crippen LogP contribution >= 0.6 is 11.6 Å². The van der Waals surface area contributed by atoms with Gasteiger partial charge in [-0.2, -0.15) is 0 Å². The van der Waals surface area contributed by atoms with Crippen molar-refractivity contribution in [1.29, 1.82) is 0 Å². The van der Waals surface area contributed by atoms with Crippen LogP contribution in [0.3, 0.4) is 0 Å². The molecule has 0 saturated heterocycles. The standard InChI is InChI=1S/C9H6ClFN4O2/c10-4-7-5-14(13-12-7)8-2-1-6(11)3-9(8)15(16)17/h1-3,5H,4H2. The van der Waals surface area contributed by atoms with Gasteiger partial charge in [0.25, 0.3) is 5.69 Å². The van der Waals surface area contributed by atoms with Crippen LogP contribution in [0.5, 0.6) is 0 Å². The molecular formula is C9H6ClFN4O2. The molecule has 0 unspecified atom stereocenters. The molecule has 0 atom stereocenters. The average molecular weight is 257 g/mol. The molecule has 0 saturated carbocycles. The number of rotatable bonds is 3. The van der Waals surface area contributed by atoms with E-state index in [2.05, 4.69) is 10.3 Å². The lowest BCUT2D eigenvalue weighted by Crippen LogP contribution is -2.01. The summed E-state index contributed by atoms with van der Waals surface area (Å²) in [4.78, 5) is 10.1. The minimum Gasteiger partial charge on any atom is -0.258 e. The van der Waals surface area contributed by atoms with E-state index in [-0.39, 0.29) is 17.3 Å². The molecule has 88 valence electrons. The number of nitrogens with zero attached hydrogens (tertiary/aromatic N) is 4. The second-order valence-corrected chi connectivity index (χ2v) is 3.45. The van der Waals surface area contributed by atoms with E-state index in [4.69, 9.17) is 11.6 Å². The molecule has 6 nitrogen and oxygen atoms in total. The van der Waals surface area contributed by atoms with Crippen molar-refractivity contribution in [2.45, 2.75) is 5.88 Å². The Bertz CT molecular complexity index is 572. The number of halogens is 2. The molecule has 0 N–H and O–H groups in total. The van der Waals surface area contributed by atoms with E-state index in [1.807, 2.05) is 0 Å². The first-order chi connectivity index (χ1) is 8.11. The third kappa shape index (κ3) is 2.23. The molecule has 0 bridgehead atoms. The predicted octanol–water partition coefficient (Wildman–Crippen LogP) is 2.05. The average Bonchev–Trinajstić information content (AvgIpc) is 2.77.